The van der Waals surface area contributed by atoms with Gasteiger partial charge >= 0.3 is 0 Å². The van der Waals surface area contributed by atoms with Gasteiger partial charge in [-0.15, -0.1) is 0 Å². The van der Waals surface area contributed by atoms with E-state index in [1.165, 1.54) is 17.7 Å². The predicted molar refractivity (Wildman–Crippen MR) is 53.3 cm³/mol. The summed E-state index contributed by atoms with van der Waals surface area (Å²) >= 11 is 4.05. The quantitative estimate of drug-likeness (QED) is 0.684. The van der Waals surface area contributed by atoms with Gasteiger partial charge in [-0.25, -0.2) is 4.68 Å². The SMILES string of the molecule is CC(=O)Cn1[nH]c(CCS)cc1=O. The van der Waals surface area contributed by atoms with E-state index in [2.05, 4.69) is 17.7 Å². The van der Waals surface area contributed by atoms with Gasteiger partial charge in [0.05, 0.1) is 0 Å². The van der Waals surface area contributed by atoms with Crippen LogP contribution in [0.15, 0.2) is 10.9 Å². The molecule has 1 N–H and O–H groups in total. The molecular formula is C8H12N2O2S. The topological polar surface area (TPSA) is 54.9 Å². The number of ketones is 1. The van der Waals surface area contributed by atoms with E-state index in [9.17, 15) is 9.59 Å². The van der Waals surface area contributed by atoms with E-state index < -0.39 is 0 Å². The normalized spacial score (nSPS) is 10.3. The van der Waals surface area contributed by atoms with Gasteiger partial charge < -0.3 is 0 Å². The van der Waals surface area contributed by atoms with Crippen molar-refractivity contribution in [1.82, 2.24) is 9.78 Å². The molecule has 0 saturated carbocycles. The summed E-state index contributed by atoms with van der Waals surface area (Å²) in [6, 6.07) is 1.50. The Balaban J connectivity index is 2.83. The van der Waals surface area contributed by atoms with Crippen LogP contribution >= 0.6 is 12.6 Å². The van der Waals surface area contributed by atoms with Crippen LogP contribution in [0.2, 0.25) is 0 Å². The highest BCUT2D eigenvalue weighted by Crippen LogP contribution is 1.93. The number of aromatic nitrogens is 2. The van der Waals surface area contributed by atoms with E-state index in [-0.39, 0.29) is 17.9 Å². The Morgan fingerprint density at radius 3 is 2.92 bits per heavy atom. The number of aromatic amines is 1. The average Bonchev–Trinajstić information content (AvgIpc) is 2.31. The van der Waals surface area contributed by atoms with Gasteiger partial charge in [-0.3, -0.25) is 14.7 Å². The van der Waals surface area contributed by atoms with Gasteiger partial charge in [0.2, 0.25) is 0 Å². The van der Waals surface area contributed by atoms with Crippen molar-refractivity contribution in [2.24, 2.45) is 0 Å². The zero-order valence-corrected chi connectivity index (χ0v) is 8.30. The van der Waals surface area contributed by atoms with Gasteiger partial charge in [-0.05, 0) is 19.1 Å². The monoisotopic (exact) mass is 200 g/mol. The molecule has 0 aliphatic carbocycles. The van der Waals surface area contributed by atoms with E-state index in [0.29, 0.717) is 12.2 Å². The summed E-state index contributed by atoms with van der Waals surface area (Å²) in [7, 11) is 0. The number of nitrogens with one attached hydrogen (secondary N) is 1. The van der Waals surface area contributed by atoms with Crippen molar-refractivity contribution in [3.63, 3.8) is 0 Å². The molecule has 0 amide bonds. The third-order valence-corrected chi connectivity index (χ3v) is 1.83. The van der Waals surface area contributed by atoms with Crippen LogP contribution in [-0.2, 0) is 17.8 Å². The first-order valence-electron chi connectivity index (χ1n) is 4.02. The van der Waals surface area contributed by atoms with Crippen LogP contribution in [0, 0.1) is 0 Å². The largest absolute Gasteiger partial charge is 0.299 e. The molecule has 0 bridgehead atoms. The second-order valence-corrected chi connectivity index (χ2v) is 3.33. The summed E-state index contributed by atoms with van der Waals surface area (Å²) in [4.78, 5) is 21.9. The fraction of sp³-hybridized carbons (Fsp3) is 0.500. The van der Waals surface area contributed by atoms with Crippen LogP contribution < -0.4 is 5.56 Å². The number of Topliss-reactive ketones (excluding diaryl/α,β-unsaturated/α-hetero) is 1. The smallest absolute Gasteiger partial charge is 0.267 e. The molecule has 72 valence electrons. The molecule has 4 nitrogen and oxygen atoms in total. The van der Waals surface area contributed by atoms with E-state index in [4.69, 9.17) is 0 Å². The zero-order valence-electron chi connectivity index (χ0n) is 7.41. The fourth-order valence-electron chi connectivity index (χ4n) is 1.08. The minimum Gasteiger partial charge on any atom is -0.299 e. The number of carbonyl (C=O) groups is 1. The molecule has 1 aromatic rings. The Kier molecular flexibility index (Phi) is 3.36. The summed E-state index contributed by atoms with van der Waals surface area (Å²) in [5.41, 5.74) is 0.660. The summed E-state index contributed by atoms with van der Waals surface area (Å²) in [5.74, 6) is 0.640. The fourth-order valence-corrected chi connectivity index (χ4v) is 1.32. The van der Waals surface area contributed by atoms with Crippen LogP contribution in [0.3, 0.4) is 0 Å². The first-order valence-corrected chi connectivity index (χ1v) is 4.65. The van der Waals surface area contributed by atoms with Crippen LogP contribution in [-0.4, -0.2) is 21.3 Å². The van der Waals surface area contributed by atoms with Crippen molar-refractivity contribution < 1.29 is 4.79 Å². The molecule has 0 aromatic carbocycles. The minimum absolute atomic E-state index is 0.0404. The maximum Gasteiger partial charge on any atom is 0.267 e. The highest BCUT2D eigenvalue weighted by atomic mass is 32.1. The molecule has 0 aliphatic rings. The van der Waals surface area contributed by atoms with Gasteiger partial charge in [-0.1, -0.05) is 0 Å². The van der Waals surface area contributed by atoms with Crippen LogP contribution in [0.4, 0.5) is 0 Å². The number of nitrogens with zero attached hydrogens (tertiary/aromatic N) is 1. The lowest BCUT2D eigenvalue weighted by Crippen LogP contribution is -2.19. The summed E-state index contributed by atoms with van der Waals surface area (Å²) < 4.78 is 1.31. The molecular weight excluding hydrogens is 188 g/mol. The second kappa shape index (κ2) is 4.32. The minimum atomic E-state index is -0.160. The summed E-state index contributed by atoms with van der Waals surface area (Å²) in [5, 5.41) is 2.85. The van der Waals surface area contributed by atoms with Gasteiger partial charge in [-0.2, -0.15) is 12.6 Å². The number of hydrogen-bond donors (Lipinski definition) is 2. The van der Waals surface area contributed by atoms with Crippen LogP contribution in [0.1, 0.15) is 12.6 Å². The molecule has 1 rings (SSSR count). The van der Waals surface area contributed by atoms with E-state index in [1.54, 1.807) is 0 Å². The molecule has 0 aliphatic heterocycles. The first-order chi connectivity index (χ1) is 6.13. The lowest BCUT2D eigenvalue weighted by Gasteiger charge is -1.96. The molecule has 0 saturated heterocycles. The van der Waals surface area contributed by atoms with Crippen molar-refractivity contribution in [2.45, 2.75) is 19.9 Å². The Morgan fingerprint density at radius 1 is 1.69 bits per heavy atom. The number of carbonyl (C=O) groups excluding carboxylic acids is 1. The Morgan fingerprint density at radius 2 is 2.38 bits per heavy atom. The van der Waals surface area contributed by atoms with Crippen molar-refractivity contribution in [1.29, 1.82) is 0 Å². The molecule has 13 heavy (non-hydrogen) atoms. The second-order valence-electron chi connectivity index (χ2n) is 2.88. The number of hydrogen-bond acceptors (Lipinski definition) is 3. The maximum atomic E-state index is 11.2. The Labute approximate surface area is 81.3 Å². The molecule has 1 heterocycles. The lowest BCUT2D eigenvalue weighted by molar-refractivity contribution is -0.117. The van der Waals surface area contributed by atoms with Crippen molar-refractivity contribution in [3.8, 4) is 0 Å². The highest BCUT2D eigenvalue weighted by Gasteiger charge is 2.03. The molecule has 0 fully saturated rings. The molecule has 0 unspecified atom stereocenters. The van der Waals surface area contributed by atoms with Crippen LogP contribution in [0.25, 0.3) is 0 Å². The standard InChI is InChI=1S/C8H12N2O2S/c1-6(11)5-10-8(12)4-7(9-10)2-3-13/h4,9,13H,2-3,5H2,1H3. The number of H-pyrrole nitrogens is 1. The van der Waals surface area contributed by atoms with Crippen molar-refractivity contribution in [2.75, 3.05) is 5.75 Å². The van der Waals surface area contributed by atoms with Crippen molar-refractivity contribution >= 4 is 18.4 Å². The molecule has 1 aromatic heterocycles. The molecule has 5 heteroatoms. The third-order valence-electron chi connectivity index (χ3n) is 1.60. The van der Waals surface area contributed by atoms with E-state index in [0.717, 1.165) is 5.69 Å². The predicted octanol–water partition coefficient (Wildman–Crippen LogP) is 0.238. The van der Waals surface area contributed by atoms with Gasteiger partial charge in [0.15, 0.2) is 5.78 Å². The highest BCUT2D eigenvalue weighted by molar-refractivity contribution is 7.80. The molecule has 0 radical (unpaired) electrons. The van der Waals surface area contributed by atoms with Crippen LogP contribution in [0.5, 0.6) is 0 Å². The van der Waals surface area contributed by atoms with E-state index in [1.807, 2.05) is 0 Å². The average molecular weight is 200 g/mol. The number of thiol groups is 1. The third kappa shape index (κ3) is 2.77. The van der Waals surface area contributed by atoms with E-state index >= 15 is 0 Å². The summed E-state index contributed by atoms with van der Waals surface area (Å²) in [6.07, 6.45) is 0.712. The lowest BCUT2D eigenvalue weighted by atomic mass is 10.3. The summed E-state index contributed by atoms with van der Waals surface area (Å²) in [6.45, 7) is 1.57. The van der Waals surface area contributed by atoms with Crippen molar-refractivity contribution in [3.05, 3.63) is 22.1 Å². The van der Waals surface area contributed by atoms with Gasteiger partial charge in [0, 0.05) is 11.8 Å². The Hall–Kier alpha value is -0.970. The van der Waals surface area contributed by atoms with Gasteiger partial charge in [0.1, 0.15) is 6.54 Å². The Bertz CT molecular complexity index is 353. The molecule has 0 atom stereocenters. The molecule has 0 spiro atoms. The number of rotatable bonds is 4. The zero-order chi connectivity index (χ0) is 9.84. The number of aryl methyl sites for hydroxylation is 1. The first kappa shape index (κ1) is 10.1. The van der Waals surface area contributed by atoms with Gasteiger partial charge in [0.25, 0.3) is 5.56 Å². The maximum absolute atomic E-state index is 11.2.